The molecule has 0 radical (unpaired) electrons. The lowest BCUT2D eigenvalue weighted by Gasteiger charge is -2.23. The van der Waals surface area contributed by atoms with Crippen molar-refractivity contribution < 1.29 is 22.7 Å². The standard InChI is InChI=1S/C21H21N3O5S2/c1-23(16-9-11-31(27,28)14-16)20(25)13-29-21(26)18-12-17(19-8-5-10-30-19)22-24(18)15-6-3-2-4-7-15/h2-8,10,12,16H,9,11,13-14H2,1H3. The van der Waals surface area contributed by atoms with Gasteiger partial charge in [-0.05, 0) is 30.0 Å². The number of sulfone groups is 1. The molecule has 10 heteroatoms. The number of hydrogen-bond acceptors (Lipinski definition) is 7. The van der Waals surface area contributed by atoms with Crippen molar-refractivity contribution >= 4 is 33.1 Å². The molecule has 31 heavy (non-hydrogen) atoms. The van der Waals surface area contributed by atoms with Crippen LogP contribution in [0.25, 0.3) is 16.3 Å². The quantitative estimate of drug-likeness (QED) is 0.525. The summed E-state index contributed by atoms with van der Waals surface area (Å²) in [7, 11) is -1.58. The van der Waals surface area contributed by atoms with Crippen LogP contribution < -0.4 is 0 Å². The lowest BCUT2D eigenvalue weighted by atomic mass is 10.2. The SMILES string of the molecule is CN(C(=O)COC(=O)c1cc(-c2cccs2)nn1-c1ccccc1)C1CCS(=O)(=O)C1. The van der Waals surface area contributed by atoms with Gasteiger partial charge in [0.1, 0.15) is 5.69 Å². The predicted octanol–water partition coefficient (Wildman–Crippen LogP) is 2.40. The number of likely N-dealkylation sites (N-methyl/N-ethyl adjacent to an activating group) is 1. The first-order chi connectivity index (χ1) is 14.8. The number of hydrogen-bond donors (Lipinski definition) is 0. The number of carbonyl (C=O) groups excluding carboxylic acids is 2. The topological polar surface area (TPSA) is 98.6 Å². The van der Waals surface area contributed by atoms with Crippen LogP contribution in [0, 0.1) is 0 Å². The van der Waals surface area contributed by atoms with E-state index in [1.54, 1.807) is 6.07 Å². The van der Waals surface area contributed by atoms with Gasteiger partial charge in [0.05, 0.1) is 22.1 Å². The number of carbonyl (C=O) groups is 2. The minimum Gasteiger partial charge on any atom is -0.451 e. The number of nitrogens with zero attached hydrogens (tertiary/aromatic N) is 3. The van der Waals surface area contributed by atoms with Crippen molar-refractivity contribution in [3.8, 4) is 16.3 Å². The Morgan fingerprint density at radius 3 is 2.65 bits per heavy atom. The predicted molar refractivity (Wildman–Crippen MR) is 117 cm³/mol. The number of aromatic nitrogens is 2. The average molecular weight is 460 g/mol. The molecule has 1 unspecified atom stereocenters. The van der Waals surface area contributed by atoms with E-state index in [9.17, 15) is 18.0 Å². The highest BCUT2D eigenvalue weighted by molar-refractivity contribution is 7.91. The zero-order chi connectivity index (χ0) is 22.0. The summed E-state index contributed by atoms with van der Waals surface area (Å²) < 4.78 is 30.1. The van der Waals surface area contributed by atoms with Gasteiger partial charge in [-0.25, -0.2) is 17.9 Å². The van der Waals surface area contributed by atoms with Crippen LogP contribution in [0.2, 0.25) is 0 Å². The number of esters is 1. The molecule has 8 nitrogen and oxygen atoms in total. The summed E-state index contributed by atoms with van der Waals surface area (Å²) in [6.45, 7) is -0.472. The summed E-state index contributed by atoms with van der Waals surface area (Å²) in [6, 6.07) is 14.2. The van der Waals surface area contributed by atoms with E-state index in [1.807, 2.05) is 47.8 Å². The average Bonchev–Trinajstić information content (AvgIpc) is 3.51. The maximum atomic E-state index is 12.8. The van der Waals surface area contributed by atoms with E-state index in [1.165, 1.54) is 28.0 Å². The van der Waals surface area contributed by atoms with Crippen molar-refractivity contribution in [1.29, 1.82) is 0 Å². The van der Waals surface area contributed by atoms with Crippen LogP contribution in [-0.2, 0) is 19.4 Å². The molecule has 0 N–H and O–H groups in total. The molecule has 1 amide bonds. The number of benzene rings is 1. The molecule has 0 spiro atoms. The van der Waals surface area contributed by atoms with Gasteiger partial charge in [0, 0.05) is 19.2 Å². The highest BCUT2D eigenvalue weighted by Gasteiger charge is 2.33. The third-order valence-electron chi connectivity index (χ3n) is 5.17. The normalized spacial score (nSPS) is 17.4. The minimum atomic E-state index is -3.12. The van der Waals surface area contributed by atoms with E-state index >= 15 is 0 Å². The van der Waals surface area contributed by atoms with Crippen LogP contribution in [0.1, 0.15) is 16.9 Å². The molecule has 1 saturated heterocycles. The van der Waals surface area contributed by atoms with Gasteiger partial charge in [-0.1, -0.05) is 24.3 Å². The van der Waals surface area contributed by atoms with E-state index in [0.717, 1.165) is 4.88 Å². The first-order valence-corrected chi connectivity index (χ1v) is 12.4. The maximum Gasteiger partial charge on any atom is 0.357 e. The molecule has 0 saturated carbocycles. The summed E-state index contributed by atoms with van der Waals surface area (Å²) >= 11 is 1.50. The van der Waals surface area contributed by atoms with Gasteiger partial charge in [0.2, 0.25) is 0 Å². The summed E-state index contributed by atoms with van der Waals surface area (Å²) in [4.78, 5) is 27.5. The molecular weight excluding hydrogens is 438 g/mol. The van der Waals surface area contributed by atoms with Gasteiger partial charge in [-0.3, -0.25) is 4.79 Å². The van der Waals surface area contributed by atoms with Crippen molar-refractivity contribution in [3.05, 3.63) is 59.6 Å². The third-order valence-corrected chi connectivity index (χ3v) is 7.81. The Balaban J connectivity index is 1.51. The van der Waals surface area contributed by atoms with Crippen LogP contribution in [0.3, 0.4) is 0 Å². The molecule has 2 aromatic heterocycles. The second kappa shape index (κ2) is 8.64. The van der Waals surface area contributed by atoms with Crippen LogP contribution in [0.15, 0.2) is 53.9 Å². The van der Waals surface area contributed by atoms with Gasteiger partial charge in [-0.15, -0.1) is 11.3 Å². The van der Waals surface area contributed by atoms with Crippen molar-refractivity contribution in [1.82, 2.24) is 14.7 Å². The second-order valence-corrected chi connectivity index (χ2v) is 10.5. The third kappa shape index (κ3) is 4.70. The van der Waals surface area contributed by atoms with Gasteiger partial charge >= 0.3 is 5.97 Å². The second-order valence-electron chi connectivity index (χ2n) is 7.28. The molecule has 1 aliphatic heterocycles. The molecule has 3 aromatic rings. The number of amides is 1. The van der Waals surface area contributed by atoms with Gasteiger partial charge in [0.15, 0.2) is 22.1 Å². The number of ether oxygens (including phenoxy) is 1. The van der Waals surface area contributed by atoms with Gasteiger partial charge < -0.3 is 9.64 Å². The number of para-hydroxylation sites is 1. The Labute approximate surface area is 184 Å². The fraction of sp³-hybridized carbons (Fsp3) is 0.286. The highest BCUT2D eigenvalue weighted by atomic mass is 32.2. The van der Waals surface area contributed by atoms with Crippen molar-refractivity contribution in [2.24, 2.45) is 0 Å². The number of rotatable bonds is 6. The van der Waals surface area contributed by atoms with Crippen LogP contribution in [0.4, 0.5) is 0 Å². The molecule has 1 atom stereocenters. The summed E-state index contributed by atoms with van der Waals surface area (Å²) in [5, 5.41) is 6.47. The molecule has 1 aliphatic rings. The molecule has 3 heterocycles. The highest BCUT2D eigenvalue weighted by Crippen LogP contribution is 2.26. The number of thiophene rings is 1. The summed E-state index contributed by atoms with van der Waals surface area (Å²) in [5.74, 6) is -1.12. The van der Waals surface area contributed by atoms with Crippen LogP contribution in [0.5, 0.6) is 0 Å². The lowest BCUT2D eigenvalue weighted by Crippen LogP contribution is -2.40. The Kier molecular flexibility index (Phi) is 5.92. The molecule has 162 valence electrons. The Morgan fingerprint density at radius 2 is 2.00 bits per heavy atom. The van der Waals surface area contributed by atoms with Crippen LogP contribution >= 0.6 is 11.3 Å². The van der Waals surface area contributed by atoms with Crippen molar-refractivity contribution in [2.75, 3.05) is 25.2 Å². The molecule has 0 bridgehead atoms. The van der Waals surface area contributed by atoms with Crippen molar-refractivity contribution in [3.63, 3.8) is 0 Å². The van der Waals surface area contributed by atoms with E-state index in [4.69, 9.17) is 4.74 Å². The van der Waals surface area contributed by atoms with Crippen molar-refractivity contribution in [2.45, 2.75) is 12.5 Å². The van der Waals surface area contributed by atoms with E-state index in [2.05, 4.69) is 5.10 Å². The molecule has 4 rings (SSSR count). The zero-order valence-electron chi connectivity index (χ0n) is 16.8. The Hall–Kier alpha value is -2.98. The maximum absolute atomic E-state index is 12.8. The molecule has 1 aromatic carbocycles. The largest absolute Gasteiger partial charge is 0.451 e. The fourth-order valence-corrected chi connectivity index (χ4v) is 5.88. The fourth-order valence-electron chi connectivity index (χ4n) is 3.42. The van der Waals surface area contributed by atoms with Gasteiger partial charge in [0.25, 0.3) is 5.91 Å². The Bertz CT molecular complexity index is 1190. The monoisotopic (exact) mass is 459 g/mol. The summed E-state index contributed by atoms with van der Waals surface area (Å²) in [5.41, 5.74) is 1.52. The lowest BCUT2D eigenvalue weighted by molar-refractivity contribution is -0.134. The zero-order valence-corrected chi connectivity index (χ0v) is 18.4. The first-order valence-electron chi connectivity index (χ1n) is 9.66. The smallest absolute Gasteiger partial charge is 0.357 e. The van der Waals surface area contributed by atoms with Crippen LogP contribution in [-0.4, -0.2) is 66.2 Å². The molecule has 1 fully saturated rings. The van der Waals surface area contributed by atoms with E-state index < -0.39 is 34.4 Å². The van der Waals surface area contributed by atoms with Gasteiger partial charge in [-0.2, -0.15) is 5.10 Å². The molecule has 0 aliphatic carbocycles. The first kappa shape index (κ1) is 21.3. The van der Waals surface area contributed by atoms with E-state index in [-0.39, 0.29) is 17.2 Å². The molecular formula is C21H21N3O5S2. The summed E-state index contributed by atoms with van der Waals surface area (Å²) in [6.07, 6.45) is 0.392. The minimum absolute atomic E-state index is 0.0614. The van der Waals surface area contributed by atoms with E-state index in [0.29, 0.717) is 17.8 Å². The Morgan fingerprint density at radius 1 is 1.23 bits per heavy atom.